The lowest BCUT2D eigenvalue weighted by Gasteiger charge is -2.30. The Morgan fingerprint density at radius 3 is 3.00 bits per heavy atom. The summed E-state index contributed by atoms with van der Waals surface area (Å²) in [6, 6.07) is 4.97. The van der Waals surface area contributed by atoms with Gasteiger partial charge in [-0.05, 0) is 37.8 Å². The molecule has 1 fully saturated rings. The molecule has 1 saturated heterocycles. The number of likely N-dealkylation sites (tertiary alicyclic amines) is 1. The number of para-hydroxylation sites is 1. The van der Waals surface area contributed by atoms with Crippen LogP contribution in [0.3, 0.4) is 0 Å². The predicted octanol–water partition coefficient (Wildman–Crippen LogP) is 1.71. The first-order valence-corrected chi connectivity index (χ1v) is 8.02. The number of nitrogens with zero attached hydrogens (tertiary/aromatic N) is 1. The van der Waals surface area contributed by atoms with Crippen LogP contribution < -0.4 is 9.47 Å². The molecule has 23 heavy (non-hydrogen) atoms. The van der Waals surface area contributed by atoms with Crippen molar-refractivity contribution >= 4 is 11.9 Å². The van der Waals surface area contributed by atoms with Crippen LogP contribution in [0.15, 0.2) is 18.2 Å². The highest BCUT2D eigenvalue weighted by molar-refractivity contribution is 5.86. The molecule has 1 aromatic carbocycles. The van der Waals surface area contributed by atoms with Crippen molar-refractivity contribution in [3.05, 3.63) is 23.8 Å². The molecule has 2 heterocycles. The number of benzene rings is 1. The van der Waals surface area contributed by atoms with E-state index in [1.54, 1.807) is 0 Å². The molecule has 0 spiro atoms. The van der Waals surface area contributed by atoms with Crippen molar-refractivity contribution in [2.75, 3.05) is 19.8 Å². The molecular formula is C17H21NO5. The number of aliphatic carboxylic acids is 1. The van der Waals surface area contributed by atoms with E-state index in [1.807, 2.05) is 25.1 Å². The van der Waals surface area contributed by atoms with Crippen LogP contribution in [0.2, 0.25) is 0 Å². The molecular weight excluding hydrogens is 298 g/mol. The summed E-state index contributed by atoms with van der Waals surface area (Å²) in [6.07, 6.45) is 1.82. The number of amides is 1. The summed E-state index contributed by atoms with van der Waals surface area (Å²) in [4.78, 5) is 25.5. The normalized spacial score (nSPS) is 23.1. The van der Waals surface area contributed by atoms with Crippen LogP contribution in [0.5, 0.6) is 11.5 Å². The van der Waals surface area contributed by atoms with E-state index < -0.39 is 12.0 Å². The lowest BCUT2D eigenvalue weighted by Crippen LogP contribution is -2.46. The average Bonchev–Trinajstić information content (AvgIpc) is 3.04. The number of carboxylic acid groups (broad SMARTS) is 1. The molecule has 124 valence electrons. The van der Waals surface area contributed by atoms with Crippen molar-refractivity contribution in [3.8, 4) is 11.5 Å². The first-order valence-electron chi connectivity index (χ1n) is 8.02. The summed E-state index contributed by atoms with van der Waals surface area (Å²) < 4.78 is 11.3. The summed E-state index contributed by atoms with van der Waals surface area (Å²) in [5, 5.41) is 9.24. The van der Waals surface area contributed by atoms with E-state index in [2.05, 4.69) is 0 Å². The van der Waals surface area contributed by atoms with Gasteiger partial charge in [0.15, 0.2) is 11.5 Å². The van der Waals surface area contributed by atoms with Crippen LogP contribution in [-0.2, 0) is 16.0 Å². The molecule has 2 aliphatic heterocycles. The van der Waals surface area contributed by atoms with Crippen molar-refractivity contribution in [1.82, 2.24) is 4.90 Å². The Hall–Kier alpha value is -2.24. The van der Waals surface area contributed by atoms with Crippen molar-refractivity contribution in [3.63, 3.8) is 0 Å². The molecule has 0 radical (unpaired) electrons. The molecule has 1 N–H and O–H groups in total. The zero-order chi connectivity index (χ0) is 16.4. The minimum absolute atomic E-state index is 0.123. The third kappa shape index (κ3) is 2.98. The SMILES string of the molecule is CCOc1cccc2c1OCC(C(=O)N1CCC[C@@H]1C(=O)O)C2. The maximum Gasteiger partial charge on any atom is 0.326 e. The van der Waals surface area contributed by atoms with Crippen molar-refractivity contribution < 1.29 is 24.2 Å². The maximum absolute atomic E-state index is 12.7. The van der Waals surface area contributed by atoms with Gasteiger partial charge >= 0.3 is 5.97 Å². The summed E-state index contributed by atoms with van der Waals surface area (Å²) >= 11 is 0. The average molecular weight is 319 g/mol. The third-order valence-corrected chi connectivity index (χ3v) is 4.43. The quantitative estimate of drug-likeness (QED) is 0.914. The number of hydrogen-bond acceptors (Lipinski definition) is 4. The first kappa shape index (κ1) is 15.6. The largest absolute Gasteiger partial charge is 0.490 e. The molecule has 6 nitrogen and oxygen atoms in total. The Balaban J connectivity index is 1.75. The van der Waals surface area contributed by atoms with Gasteiger partial charge in [-0.1, -0.05) is 12.1 Å². The first-order chi connectivity index (χ1) is 11.1. The highest BCUT2D eigenvalue weighted by atomic mass is 16.5. The van der Waals surface area contributed by atoms with E-state index in [0.717, 1.165) is 12.0 Å². The van der Waals surface area contributed by atoms with E-state index >= 15 is 0 Å². The van der Waals surface area contributed by atoms with Gasteiger partial charge in [-0.15, -0.1) is 0 Å². The number of fused-ring (bicyclic) bond motifs is 1. The molecule has 2 aliphatic rings. The van der Waals surface area contributed by atoms with Gasteiger partial charge < -0.3 is 19.5 Å². The van der Waals surface area contributed by atoms with Crippen molar-refractivity contribution in [1.29, 1.82) is 0 Å². The zero-order valence-corrected chi connectivity index (χ0v) is 13.2. The molecule has 0 aliphatic carbocycles. The van der Waals surface area contributed by atoms with Crippen molar-refractivity contribution in [2.24, 2.45) is 5.92 Å². The number of hydrogen-bond donors (Lipinski definition) is 1. The topological polar surface area (TPSA) is 76.1 Å². The van der Waals surface area contributed by atoms with Gasteiger partial charge in [0, 0.05) is 6.54 Å². The smallest absolute Gasteiger partial charge is 0.326 e. The van der Waals surface area contributed by atoms with Gasteiger partial charge in [0.25, 0.3) is 0 Å². The molecule has 1 amide bonds. The Bertz CT molecular complexity index is 615. The van der Waals surface area contributed by atoms with E-state index in [1.165, 1.54) is 4.90 Å². The molecule has 1 aromatic rings. The minimum Gasteiger partial charge on any atom is -0.490 e. The minimum atomic E-state index is -0.924. The van der Waals surface area contributed by atoms with E-state index in [0.29, 0.717) is 37.5 Å². The number of carboxylic acids is 1. The molecule has 0 saturated carbocycles. The Morgan fingerprint density at radius 1 is 1.43 bits per heavy atom. The number of ether oxygens (including phenoxy) is 2. The molecule has 0 aromatic heterocycles. The van der Waals surface area contributed by atoms with Gasteiger partial charge in [-0.25, -0.2) is 4.79 Å². The Labute approximate surface area is 135 Å². The van der Waals surface area contributed by atoms with E-state index in [-0.39, 0.29) is 18.4 Å². The van der Waals surface area contributed by atoms with Gasteiger partial charge in [0.2, 0.25) is 5.91 Å². The van der Waals surface area contributed by atoms with E-state index in [9.17, 15) is 14.7 Å². The fourth-order valence-electron chi connectivity index (χ4n) is 3.34. The molecule has 0 bridgehead atoms. The van der Waals surface area contributed by atoms with Gasteiger partial charge in [-0.3, -0.25) is 4.79 Å². The van der Waals surface area contributed by atoms with Crippen LogP contribution in [0.25, 0.3) is 0 Å². The van der Waals surface area contributed by atoms with Crippen LogP contribution in [0, 0.1) is 5.92 Å². The van der Waals surface area contributed by atoms with Gasteiger partial charge in [0.05, 0.1) is 12.5 Å². The van der Waals surface area contributed by atoms with Gasteiger partial charge in [-0.2, -0.15) is 0 Å². The lowest BCUT2D eigenvalue weighted by atomic mass is 9.95. The maximum atomic E-state index is 12.7. The van der Waals surface area contributed by atoms with Crippen LogP contribution >= 0.6 is 0 Å². The Kier molecular flexibility index (Phi) is 4.41. The highest BCUT2D eigenvalue weighted by Crippen LogP contribution is 2.37. The highest BCUT2D eigenvalue weighted by Gasteiger charge is 2.38. The van der Waals surface area contributed by atoms with Crippen LogP contribution in [0.1, 0.15) is 25.3 Å². The van der Waals surface area contributed by atoms with Crippen molar-refractivity contribution in [2.45, 2.75) is 32.2 Å². The summed E-state index contributed by atoms with van der Waals surface area (Å²) in [6.45, 7) is 3.24. The Morgan fingerprint density at radius 2 is 2.26 bits per heavy atom. The van der Waals surface area contributed by atoms with E-state index in [4.69, 9.17) is 9.47 Å². The molecule has 6 heteroatoms. The monoisotopic (exact) mass is 319 g/mol. The number of carbonyl (C=O) groups excluding carboxylic acids is 1. The standard InChI is InChI=1S/C17H21NO5/c1-2-22-14-7-3-5-11-9-12(10-23-15(11)14)16(19)18-8-4-6-13(18)17(20)21/h3,5,7,12-13H,2,4,6,8-10H2,1H3,(H,20,21)/t12?,13-/m1/s1. The van der Waals surface area contributed by atoms with Crippen LogP contribution in [-0.4, -0.2) is 47.7 Å². The summed E-state index contributed by atoms with van der Waals surface area (Å²) in [5.74, 6) is 0.0170. The second-order valence-corrected chi connectivity index (χ2v) is 5.92. The zero-order valence-electron chi connectivity index (χ0n) is 13.2. The van der Waals surface area contributed by atoms with Crippen LogP contribution in [0.4, 0.5) is 0 Å². The van der Waals surface area contributed by atoms with Gasteiger partial charge in [0.1, 0.15) is 12.6 Å². The lowest BCUT2D eigenvalue weighted by molar-refractivity contribution is -0.150. The molecule has 3 rings (SSSR count). The number of rotatable bonds is 4. The second-order valence-electron chi connectivity index (χ2n) is 5.92. The predicted molar refractivity (Wildman–Crippen MR) is 82.7 cm³/mol. The molecule has 1 unspecified atom stereocenters. The summed E-state index contributed by atoms with van der Waals surface area (Å²) in [5.41, 5.74) is 0.937. The fraction of sp³-hybridized carbons (Fsp3) is 0.529. The number of carbonyl (C=O) groups is 2. The third-order valence-electron chi connectivity index (χ3n) is 4.43. The fourth-order valence-corrected chi connectivity index (χ4v) is 3.34. The summed E-state index contributed by atoms with van der Waals surface area (Å²) in [7, 11) is 0. The second kappa shape index (κ2) is 6.48. The molecule has 2 atom stereocenters.